The molecule has 98 valence electrons. The maximum absolute atomic E-state index is 11.7. The Hall–Kier alpha value is -0.610. The molecule has 0 bridgehead atoms. The van der Waals surface area contributed by atoms with Crippen molar-refractivity contribution in [2.24, 2.45) is 0 Å². The average Bonchev–Trinajstić information content (AvgIpc) is 3.13. The number of rotatable bonds is 6. The molecule has 2 rings (SSSR count). The molecule has 1 saturated carbocycles. The Bertz CT molecular complexity index is 245. The van der Waals surface area contributed by atoms with Gasteiger partial charge >= 0.3 is 0 Å². The summed E-state index contributed by atoms with van der Waals surface area (Å²) in [6.45, 7) is 6.19. The molecule has 0 spiro atoms. The highest BCUT2D eigenvalue weighted by Crippen LogP contribution is 2.18. The zero-order valence-electron chi connectivity index (χ0n) is 10.9. The Morgan fingerprint density at radius 3 is 2.47 bits per heavy atom. The van der Waals surface area contributed by atoms with Gasteiger partial charge in [-0.3, -0.25) is 4.79 Å². The molecule has 1 amide bonds. The van der Waals surface area contributed by atoms with Gasteiger partial charge in [0.1, 0.15) is 0 Å². The van der Waals surface area contributed by atoms with Crippen molar-refractivity contribution in [3.05, 3.63) is 0 Å². The van der Waals surface area contributed by atoms with Crippen LogP contribution in [-0.4, -0.2) is 49.1 Å². The molecule has 0 aromatic heterocycles. The van der Waals surface area contributed by atoms with Crippen LogP contribution in [0.25, 0.3) is 0 Å². The molecule has 2 fully saturated rings. The number of carbonyl (C=O) groups excluding carboxylic acids is 1. The van der Waals surface area contributed by atoms with Gasteiger partial charge in [0.25, 0.3) is 0 Å². The smallest absolute Gasteiger partial charge is 0.234 e. The van der Waals surface area contributed by atoms with E-state index in [2.05, 4.69) is 22.5 Å². The molecule has 2 aliphatic rings. The highest BCUT2D eigenvalue weighted by atomic mass is 16.2. The monoisotopic (exact) mass is 239 g/mol. The number of hydrogen-bond acceptors (Lipinski definition) is 3. The van der Waals surface area contributed by atoms with E-state index in [1.54, 1.807) is 0 Å². The van der Waals surface area contributed by atoms with Crippen molar-refractivity contribution in [2.45, 2.75) is 51.1 Å². The maximum atomic E-state index is 11.7. The van der Waals surface area contributed by atoms with Crippen molar-refractivity contribution in [3.8, 4) is 0 Å². The molecular formula is C13H25N3O. The van der Waals surface area contributed by atoms with Crippen LogP contribution in [0.15, 0.2) is 0 Å². The average molecular weight is 239 g/mol. The third-order valence-electron chi connectivity index (χ3n) is 3.62. The Balaban J connectivity index is 1.58. The first-order valence-electron chi connectivity index (χ1n) is 7.03. The summed E-state index contributed by atoms with van der Waals surface area (Å²) in [6.07, 6.45) is 5.91. The van der Waals surface area contributed by atoms with Gasteiger partial charge in [0.15, 0.2) is 0 Å². The van der Waals surface area contributed by atoms with E-state index in [9.17, 15) is 4.79 Å². The minimum atomic E-state index is 0.172. The van der Waals surface area contributed by atoms with Crippen molar-refractivity contribution in [2.75, 3.05) is 26.2 Å². The minimum absolute atomic E-state index is 0.172. The van der Waals surface area contributed by atoms with Crippen molar-refractivity contribution >= 4 is 5.91 Å². The SMILES string of the molecule is CCCN1CCC(NC(=O)CNC2CC2)CC1. The van der Waals surface area contributed by atoms with Gasteiger partial charge in [-0.2, -0.15) is 0 Å². The van der Waals surface area contributed by atoms with E-state index in [1.807, 2.05) is 0 Å². The largest absolute Gasteiger partial charge is 0.352 e. The maximum Gasteiger partial charge on any atom is 0.234 e. The van der Waals surface area contributed by atoms with E-state index >= 15 is 0 Å². The van der Waals surface area contributed by atoms with E-state index < -0.39 is 0 Å². The number of likely N-dealkylation sites (tertiary alicyclic amines) is 1. The van der Waals surface area contributed by atoms with Gasteiger partial charge in [-0.1, -0.05) is 6.92 Å². The standard InChI is InChI=1S/C13H25N3O/c1-2-7-16-8-5-12(6-9-16)15-13(17)10-14-11-3-4-11/h11-12,14H,2-10H2,1H3,(H,15,17). The molecule has 0 unspecified atom stereocenters. The van der Waals surface area contributed by atoms with Crippen LogP contribution in [0, 0.1) is 0 Å². The fraction of sp³-hybridized carbons (Fsp3) is 0.923. The summed E-state index contributed by atoms with van der Waals surface area (Å²) in [5.74, 6) is 0.172. The third kappa shape index (κ3) is 4.64. The van der Waals surface area contributed by atoms with Crippen LogP contribution >= 0.6 is 0 Å². The van der Waals surface area contributed by atoms with Gasteiger partial charge in [-0.25, -0.2) is 0 Å². The second-order valence-corrected chi connectivity index (χ2v) is 5.34. The zero-order valence-corrected chi connectivity index (χ0v) is 10.9. The summed E-state index contributed by atoms with van der Waals surface area (Å²) in [5, 5.41) is 6.39. The fourth-order valence-electron chi connectivity index (χ4n) is 2.42. The lowest BCUT2D eigenvalue weighted by atomic mass is 10.0. The van der Waals surface area contributed by atoms with Crippen LogP contribution < -0.4 is 10.6 Å². The Morgan fingerprint density at radius 2 is 1.88 bits per heavy atom. The van der Waals surface area contributed by atoms with E-state index in [1.165, 1.54) is 25.8 Å². The number of amides is 1. The molecular weight excluding hydrogens is 214 g/mol. The molecule has 1 aliphatic heterocycles. The molecule has 0 atom stereocenters. The quantitative estimate of drug-likeness (QED) is 0.718. The van der Waals surface area contributed by atoms with Crippen LogP contribution in [0.2, 0.25) is 0 Å². The minimum Gasteiger partial charge on any atom is -0.352 e. The molecule has 0 aromatic carbocycles. The third-order valence-corrected chi connectivity index (χ3v) is 3.62. The lowest BCUT2D eigenvalue weighted by molar-refractivity contribution is -0.121. The second kappa shape index (κ2) is 6.36. The van der Waals surface area contributed by atoms with E-state index in [0.29, 0.717) is 18.6 Å². The van der Waals surface area contributed by atoms with Crippen molar-refractivity contribution in [3.63, 3.8) is 0 Å². The van der Waals surface area contributed by atoms with Crippen LogP contribution in [0.4, 0.5) is 0 Å². The summed E-state index contributed by atoms with van der Waals surface area (Å²) >= 11 is 0. The highest BCUT2D eigenvalue weighted by molar-refractivity contribution is 5.78. The molecule has 1 saturated heterocycles. The zero-order chi connectivity index (χ0) is 12.1. The lowest BCUT2D eigenvalue weighted by Gasteiger charge is -2.32. The van der Waals surface area contributed by atoms with Gasteiger partial charge in [0.05, 0.1) is 6.54 Å². The Morgan fingerprint density at radius 1 is 1.18 bits per heavy atom. The predicted octanol–water partition coefficient (Wildman–Crippen LogP) is 0.729. The molecule has 4 heteroatoms. The van der Waals surface area contributed by atoms with Gasteiger partial charge in [-0.05, 0) is 38.6 Å². The fourth-order valence-corrected chi connectivity index (χ4v) is 2.42. The normalized spacial score (nSPS) is 22.6. The van der Waals surface area contributed by atoms with Crippen molar-refractivity contribution in [1.82, 2.24) is 15.5 Å². The van der Waals surface area contributed by atoms with Gasteiger partial charge < -0.3 is 15.5 Å². The first-order chi connectivity index (χ1) is 8.28. The summed E-state index contributed by atoms with van der Waals surface area (Å²) in [5.41, 5.74) is 0. The summed E-state index contributed by atoms with van der Waals surface area (Å²) < 4.78 is 0. The molecule has 0 radical (unpaired) electrons. The van der Waals surface area contributed by atoms with Crippen LogP contribution in [0.3, 0.4) is 0 Å². The molecule has 2 N–H and O–H groups in total. The highest BCUT2D eigenvalue weighted by Gasteiger charge is 2.23. The Kier molecular flexibility index (Phi) is 4.80. The van der Waals surface area contributed by atoms with Crippen molar-refractivity contribution < 1.29 is 4.79 Å². The van der Waals surface area contributed by atoms with Gasteiger partial charge in [-0.15, -0.1) is 0 Å². The number of nitrogens with one attached hydrogen (secondary N) is 2. The van der Waals surface area contributed by atoms with Crippen LogP contribution in [0.5, 0.6) is 0 Å². The molecule has 0 aromatic rings. The first kappa shape index (κ1) is 12.8. The second-order valence-electron chi connectivity index (χ2n) is 5.34. The summed E-state index contributed by atoms with van der Waals surface area (Å²) in [7, 11) is 0. The number of nitrogens with zero attached hydrogens (tertiary/aromatic N) is 1. The predicted molar refractivity (Wildman–Crippen MR) is 68.9 cm³/mol. The molecule has 1 aliphatic carbocycles. The molecule has 1 heterocycles. The lowest BCUT2D eigenvalue weighted by Crippen LogP contribution is -2.47. The van der Waals surface area contributed by atoms with Crippen molar-refractivity contribution in [1.29, 1.82) is 0 Å². The number of hydrogen-bond donors (Lipinski definition) is 2. The number of piperidine rings is 1. The molecule has 17 heavy (non-hydrogen) atoms. The van der Waals surface area contributed by atoms with E-state index in [-0.39, 0.29) is 5.91 Å². The van der Waals surface area contributed by atoms with E-state index in [4.69, 9.17) is 0 Å². The van der Waals surface area contributed by atoms with Gasteiger partial charge in [0, 0.05) is 25.2 Å². The van der Waals surface area contributed by atoms with Gasteiger partial charge in [0.2, 0.25) is 5.91 Å². The number of carbonyl (C=O) groups is 1. The Labute approximate surface area is 104 Å². The summed E-state index contributed by atoms with van der Waals surface area (Å²) in [6, 6.07) is 1.02. The molecule has 4 nitrogen and oxygen atoms in total. The summed E-state index contributed by atoms with van der Waals surface area (Å²) in [4.78, 5) is 14.2. The topological polar surface area (TPSA) is 44.4 Å². The van der Waals surface area contributed by atoms with Crippen LogP contribution in [0.1, 0.15) is 39.0 Å². The van der Waals surface area contributed by atoms with Crippen LogP contribution in [-0.2, 0) is 4.79 Å². The van der Waals surface area contributed by atoms with E-state index in [0.717, 1.165) is 25.9 Å². The first-order valence-corrected chi connectivity index (χ1v) is 7.03.